The highest BCUT2D eigenvalue weighted by Crippen LogP contribution is 1.86. The third-order valence-electron chi connectivity index (χ3n) is 1.67. The molecular weight excluding hydrogens is 184 g/mol. The number of aliphatic carboxylic acids is 1. The van der Waals surface area contributed by atoms with Gasteiger partial charge in [-0.25, -0.2) is 0 Å². The Kier molecular flexibility index (Phi) is 8.11. The predicted octanol–water partition coefficient (Wildman–Crippen LogP) is -0.859. The van der Waals surface area contributed by atoms with Crippen LogP contribution in [-0.4, -0.2) is 60.4 Å². The zero-order chi connectivity index (χ0) is 10.8. The Labute approximate surface area is 84.0 Å². The van der Waals surface area contributed by atoms with Crippen molar-refractivity contribution < 1.29 is 15.0 Å². The second-order valence-electron chi connectivity index (χ2n) is 2.89. The summed E-state index contributed by atoms with van der Waals surface area (Å²) < 4.78 is 0. The lowest BCUT2D eigenvalue weighted by molar-refractivity contribution is -0.138. The fraction of sp³-hybridized carbons (Fsp3) is 0.667. The maximum atomic E-state index is 10.4. The first-order valence-electron chi connectivity index (χ1n) is 4.57. The van der Waals surface area contributed by atoms with E-state index in [4.69, 9.17) is 10.2 Å². The molecule has 82 valence electrons. The molecule has 0 aliphatic rings. The molecular formula is C9H18N2O3. The van der Waals surface area contributed by atoms with Gasteiger partial charge in [0.25, 0.3) is 0 Å². The van der Waals surface area contributed by atoms with E-state index in [-0.39, 0.29) is 13.2 Å². The summed E-state index contributed by atoms with van der Waals surface area (Å²) in [4.78, 5) is 12.1. The van der Waals surface area contributed by atoms with Crippen molar-refractivity contribution in [2.75, 3.05) is 39.3 Å². The first-order chi connectivity index (χ1) is 6.70. The summed E-state index contributed by atoms with van der Waals surface area (Å²) in [5, 5.41) is 20.3. The van der Waals surface area contributed by atoms with Gasteiger partial charge in [0.2, 0.25) is 0 Å². The highest BCUT2D eigenvalue weighted by molar-refractivity contribution is 5.69. The number of hydrogen-bond acceptors (Lipinski definition) is 4. The van der Waals surface area contributed by atoms with Crippen molar-refractivity contribution in [2.24, 2.45) is 0 Å². The predicted molar refractivity (Wildman–Crippen MR) is 54.2 cm³/mol. The zero-order valence-electron chi connectivity index (χ0n) is 8.28. The van der Waals surface area contributed by atoms with E-state index in [1.165, 1.54) is 0 Å². The molecule has 3 N–H and O–H groups in total. The number of hydrogen-bond donors (Lipinski definition) is 3. The topological polar surface area (TPSA) is 72.8 Å². The molecule has 0 aliphatic heterocycles. The van der Waals surface area contributed by atoms with Crippen LogP contribution in [0.3, 0.4) is 0 Å². The highest BCUT2D eigenvalue weighted by atomic mass is 16.4. The fourth-order valence-corrected chi connectivity index (χ4v) is 1.04. The van der Waals surface area contributed by atoms with Crippen LogP contribution in [0.25, 0.3) is 0 Å². The molecule has 0 heterocycles. The number of carboxylic acid groups (broad SMARTS) is 1. The smallest absolute Gasteiger partial charge is 0.317 e. The second kappa shape index (κ2) is 8.68. The van der Waals surface area contributed by atoms with E-state index in [1.807, 2.05) is 0 Å². The molecule has 0 saturated carbocycles. The third kappa shape index (κ3) is 7.72. The number of nitrogens with zero attached hydrogens (tertiary/aromatic N) is 1. The quantitative estimate of drug-likeness (QED) is 0.335. The molecule has 0 unspecified atom stereocenters. The molecule has 0 aliphatic carbocycles. The molecule has 14 heavy (non-hydrogen) atoms. The molecule has 0 saturated heterocycles. The first kappa shape index (κ1) is 13.1. The third-order valence-corrected chi connectivity index (χ3v) is 1.67. The Morgan fingerprint density at radius 2 is 2.21 bits per heavy atom. The Balaban J connectivity index is 3.61. The summed E-state index contributed by atoms with van der Waals surface area (Å²) in [7, 11) is 0. The maximum absolute atomic E-state index is 10.4. The molecule has 0 spiro atoms. The van der Waals surface area contributed by atoms with Gasteiger partial charge in [0.1, 0.15) is 0 Å². The van der Waals surface area contributed by atoms with Crippen molar-refractivity contribution in [1.82, 2.24) is 10.2 Å². The average Bonchev–Trinajstić information content (AvgIpc) is 2.12. The van der Waals surface area contributed by atoms with Crippen molar-refractivity contribution >= 4 is 5.97 Å². The van der Waals surface area contributed by atoms with Gasteiger partial charge >= 0.3 is 5.97 Å². The summed E-state index contributed by atoms with van der Waals surface area (Å²) in [6.45, 7) is 5.91. The summed E-state index contributed by atoms with van der Waals surface area (Å²) in [6, 6.07) is 0. The molecule has 0 radical (unpaired) electrons. The van der Waals surface area contributed by atoms with Crippen molar-refractivity contribution in [2.45, 2.75) is 0 Å². The Bertz CT molecular complexity index is 173. The van der Waals surface area contributed by atoms with Crippen molar-refractivity contribution in [3.8, 4) is 0 Å². The van der Waals surface area contributed by atoms with Gasteiger partial charge < -0.3 is 15.5 Å². The van der Waals surface area contributed by atoms with Crippen LogP contribution in [0.15, 0.2) is 12.7 Å². The van der Waals surface area contributed by atoms with E-state index < -0.39 is 5.97 Å². The normalized spacial score (nSPS) is 10.4. The van der Waals surface area contributed by atoms with Crippen molar-refractivity contribution in [3.63, 3.8) is 0 Å². The number of aliphatic hydroxyl groups is 1. The van der Waals surface area contributed by atoms with Gasteiger partial charge in [0.15, 0.2) is 0 Å². The summed E-state index contributed by atoms with van der Waals surface area (Å²) in [6.07, 6.45) is 1.74. The van der Waals surface area contributed by atoms with E-state index in [0.717, 1.165) is 0 Å². The summed E-state index contributed by atoms with van der Waals surface area (Å²) in [5.41, 5.74) is 0. The molecule has 0 atom stereocenters. The molecule has 5 nitrogen and oxygen atoms in total. The Hall–Kier alpha value is -0.910. The van der Waals surface area contributed by atoms with Crippen LogP contribution in [0.5, 0.6) is 0 Å². The van der Waals surface area contributed by atoms with E-state index in [1.54, 1.807) is 11.0 Å². The number of aliphatic hydroxyl groups excluding tert-OH is 1. The van der Waals surface area contributed by atoms with Gasteiger partial charge in [-0.05, 0) is 0 Å². The zero-order valence-corrected chi connectivity index (χ0v) is 8.28. The number of nitrogens with one attached hydrogen (secondary N) is 1. The molecule has 0 aromatic carbocycles. The van der Waals surface area contributed by atoms with Crippen LogP contribution in [0.4, 0.5) is 0 Å². The number of carboxylic acids is 1. The minimum absolute atomic E-state index is 0.0191. The molecule has 0 fully saturated rings. The SMILES string of the molecule is C=CCNCCN(CCO)CC(=O)O. The largest absolute Gasteiger partial charge is 0.480 e. The van der Waals surface area contributed by atoms with Crippen molar-refractivity contribution in [1.29, 1.82) is 0 Å². The van der Waals surface area contributed by atoms with E-state index >= 15 is 0 Å². The monoisotopic (exact) mass is 202 g/mol. The maximum Gasteiger partial charge on any atom is 0.317 e. The molecule has 0 aromatic heterocycles. The van der Waals surface area contributed by atoms with Crippen LogP contribution in [0.2, 0.25) is 0 Å². The summed E-state index contributed by atoms with van der Waals surface area (Å²) in [5.74, 6) is -0.873. The minimum atomic E-state index is -0.873. The highest BCUT2D eigenvalue weighted by Gasteiger charge is 2.07. The van der Waals surface area contributed by atoms with Crippen LogP contribution < -0.4 is 5.32 Å². The van der Waals surface area contributed by atoms with Gasteiger partial charge in [-0.3, -0.25) is 9.69 Å². The molecule has 0 aromatic rings. The van der Waals surface area contributed by atoms with Crippen LogP contribution in [-0.2, 0) is 4.79 Å². The Morgan fingerprint density at radius 3 is 2.71 bits per heavy atom. The minimum Gasteiger partial charge on any atom is -0.480 e. The molecule has 0 bridgehead atoms. The van der Waals surface area contributed by atoms with E-state index in [9.17, 15) is 4.79 Å². The lowest BCUT2D eigenvalue weighted by atomic mass is 10.4. The molecule has 5 heteroatoms. The molecule has 0 rings (SSSR count). The van der Waals surface area contributed by atoms with E-state index in [2.05, 4.69) is 11.9 Å². The van der Waals surface area contributed by atoms with Gasteiger partial charge in [-0.2, -0.15) is 0 Å². The van der Waals surface area contributed by atoms with Gasteiger partial charge in [-0.15, -0.1) is 6.58 Å². The van der Waals surface area contributed by atoms with Crippen LogP contribution in [0.1, 0.15) is 0 Å². The standard InChI is InChI=1S/C9H18N2O3/c1-2-3-10-4-5-11(6-7-12)8-9(13)14/h2,10,12H,1,3-8H2,(H,13,14). The number of carbonyl (C=O) groups is 1. The van der Waals surface area contributed by atoms with Crippen molar-refractivity contribution in [3.05, 3.63) is 12.7 Å². The lowest BCUT2D eigenvalue weighted by Crippen LogP contribution is -2.37. The van der Waals surface area contributed by atoms with Crippen LogP contribution in [0, 0.1) is 0 Å². The summed E-state index contributed by atoms with van der Waals surface area (Å²) >= 11 is 0. The first-order valence-corrected chi connectivity index (χ1v) is 4.57. The lowest BCUT2D eigenvalue weighted by Gasteiger charge is -2.18. The molecule has 0 amide bonds. The van der Waals surface area contributed by atoms with Gasteiger partial charge in [0.05, 0.1) is 13.2 Å². The number of rotatable bonds is 9. The van der Waals surface area contributed by atoms with E-state index in [0.29, 0.717) is 26.2 Å². The van der Waals surface area contributed by atoms with Gasteiger partial charge in [0, 0.05) is 26.2 Å². The average molecular weight is 202 g/mol. The fourth-order valence-electron chi connectivity index (χ4n) is 1.04. The Morgan fingerprint density at radius 1 is 1.50 bits per heavy atom. The second-order valence-corrected chi connectivity index (χ2v) is 2.89. The van der Waals surface area contributed by atoms with Gasteiger partial charge in [-0.1, -0.05) is 6.08 Å². The van der Waals surface area contributed by atoms with Crippen LogP contribution >= 0.6 is 0 Å².